The second-order valence-electron chi connectivity index (χ2n) is 10.5. The number of nitrogens with one attached hydrogen (secondary N) is 1. The number of nitro groups is 1. The number of anilines is 1. The Hall–Kier alpha value is -4.45. The Morgan fingerprint density at radius 2 is 1.70 bits per heavy atom. The average Bonchev–Trinajstić information content (AvgIpc) is 2.95. The second-order valence-corrected chi connectivity index (χ2v) is 12.4. The molecular weight excluding hydrogens is 572 g/mol. The molecule has 0 saturated carbocycles. The summed E-state index contributed by atoms with van der Waals surface area (Å²) in [6.07, 6.45) is 0.287. The molecular formula is C31H38N4O7S. The first-order chi connectivity index (χ1) is 20.3. The summed E-state index contributed by atoms with van der Waals surface area (Å²) >= 11 is 0. The summed E-state index contributed by atoms with van der Waals surface area (Å²) < 4.78 is 34.3. The minimum absolute atomic E-state index is 0.0665. The molecule has 0 unspecified atom stereocenters. The minimum atomic E-state index is -4.49. The van der Waals surface area contributed by atoms with Crippen LogP contribution in [-0.2, 0) is 26.2 Å². The van der Waals surface area contributed by atoms with Crippen molar-refractivity contribution in [3.63, 3.8) is 0 Å². The Kier molecular flexibility index (Phi) is 10.9. The molecule has 0 aliphatic rings. The predicted octanol–water partition coefficient (Wildman–Crippen LogP) is 4.75. The Morgan fingerprint density at radius 1 is 1.02 bits per heavy atom. The van der Waals surface area contributed by atoms with Crippen molar-refractivity contribution in [2.45, 2.75) is 64.6 Å². The fourth-order valence-electron chi connectivity index (χ4n) is 4.66. The van der Waals surface area contributed by atoms with Gasteiger partial charge in [0.05, 0.1) is 22.6 Å². The molecule has 12 heteroatoms. The number of nitro benzene ring substituents is 1. The van der Waals surface area contributed by atoms with Gasteiger partial charge in [-0.2, -0.15) is 0 Å². The lowest BCUT2D eigenvalue weighted by molar-refractivity contribution is -0.385. The molecule has 0 heterocycles. The number of sulfonamides is 1. The molecule has 0 spiro atoms. The van der Waals surface area contributed by atoms with E-state index in [9.17, 15) is 28.1 Å². The SMILES string of the molecule is CC[C@@H](C(=O)NC(C)C)N(Cc1cccc(C)c1)C(=O)CN(c1ccc(OC)cc1)S(=O)(=O)c1ccc(C)c([N+](=O)[O-])c1. The molecule has 0 radical (unpaired) electrons. The summed E-state index contributed by atoms with van der Waals surface area (Å²) in [5, 5.41) is 14.5. The van der Waals surface area contributed by atoms with Gasteiger partial charge in [0.15, 0.2) is 0 Å². The fraction of sp³-hybridized carbons (Fsp3) is 0.355. The lowest BCUT2D eigenvalue weighted by atomic mass is 10.1. The quantitative estimate of drug-likeness (QED) is 0.218. The summed E-state index contributed by atoms with van der Waals surface area (Å²) in [5.74, 6) is -0.504. The third-order valence-corrected chi connectivity index (χ3v) is 8.63. The van der Waals surface area contributed by atoms with Crippen LogP contribution >= 0.6 is 0 Å². The number of aryl methyl sites for hydroxylation is 2. The van der Waals surface area contributed by atoms with Crippen LogP contribution in [0.2, 0.25) is 0 Å². The molecule has 3 rings (SSSR count). The third kappa shape index (κ3) is 8.10. The highest BCUT2D eigenvalue weighted by Crippen LogP contribution is 2.29. The number of ether oxygens (including phenoxy) is 1. The Balaban J connectivity index is 2.13. The average molecular weight is 611 g/mol. The first-order valence-corrected chi connectivity index (χ1v) is 15.3. The van der Waals surface area contributed by atoms with E-state index in [1.807, 2.05) is 45.0 Å². The van der Waals surface area contributed by atoms with Crippen molar-refractivity contribution < 1.29 is 27.7 Å². The van der Waals surface area contributed by atoms with Gasteiger partial charge in [0.25, 0.3) is 15.7 Å². The maximum atomic E-state index is 14.1. The number of methoxy groups -OCH3 is 1. The zero-order valence-electron chi connectivity index (χ0n) is 25.2. The van der Waals surface area contributed by atoms with E-state index >= 15 is 0 Å². The van der Waals surface area contributed by atoms with Crippen molar-refractivity contribution in [1.29, 1.82) is 0 Å². The molecule has 1 N–H and O–H groups in total. The minimum Gasteiger partial charge on any atom is -0.497 e. The first kappa shape index (κ1) is 33.1. The highest BCUT2D eigenvalue weighted by Gasteiger charge is 2.34. The number of rotatable bonds is 13. The van der Waals surface area contributed by atoms with Crippen LogP contribution in [-0.4, -0.2) is 55.8 Å². The van der Waals surface area contributed by atoms with Gasteiger partial charge in [-0.3, -0.25) is 24.0 Å². The highest BCUT2D eigenvalue weighted by atomic mass is 32.2. The normalized spacial score (nSPS) is 12.0. The molecule has 0 aromatic heterocycles. The van der Waals surface area contributed by atoms with Gasteiger partial charge in [-0.05, 0) is 70.0 Å². The van der Waals surface area contributed by atoms with Crippen LogP contribution in [0.5, 0.6) is 5.75 Å². The standard InChI is InChI=1S/C31H38N4O7S/c1-7-28(31(37)32-21(2)3)33(19-24-10-8-9-22(4)17-24)30(36)20-34(25-12-14-26(42-6)15-13-25)43(40,41)27-16-11-23(5)29(18-27)35(38)39/h8-18,21,28H,7,19-20H2,1-6H3,(H,32,37)/t28-/m0/s1. The van der Waals surface area contributed by atoms with Gasteiger partial charge < -0.3 is 15.0 Å². The second kappa shape index (κ2) is 14.1. The predicted molar refractivity (Wildman–Crippen MR) is 164 cm³/mol. The molecule has 0 aliphatic heterocycles. The van der Waals surface area contributed by atoms with E-state index in [-0.39, 0.29) is 41.2 Å². The first-order valence-electron chi connectivity index (χ1n) is 13.9. The summed E-state index contributed by atoms with van der Waals surface area (Å²) in [6, 6.07) is 16.1. The zero-order valence-corrected chi connectivity index (χ0v) is 26.1. The fourth-order valence-corrected chi connectivity index (χ4v) is 6.09. The van der Waals surface area contributed by atoms with Crippen molar-refractivity contribution in [2.24, 2.45) is 0 Å². The number of benzene rings is 3. The van der Waals surface area contributed by atoms with E-state index < -0.39 is 33.4 Å². The van der Waals surface area contributed by atoms with Gasteiger partial charge in [-0.25, -0.2) is 8.42 Å². The lowest BCUT2D eigenvalue weighted by Crippen LogP contribution is -2.53. The van der Waals surface area contributed by atoms with Crippen molar-refractivity contribution in [3.05, 3.63) is 93.5 Å². The number of amides is 2. The Morgan fingerprint density at radius 3 is 2.26 bits per heavy atom. The van der Waals surface area contributed by atoms with Crippen molar-refractivity contribution in [1.82, 2.24) is 10.2 Å². The molecule has 0 saturated heterocycles. The topological polar surface area (TPSA) is 139 Å². The van der Waals surface area contributed by atoms with Crippen molar-refractivity contribution in [2.75, 3.05) is 18.0 Å². The van der Waals surface area contributed by atoms with Gasteiger partial charge in [0, 0.05) is 24.2 Å². The molecule has 11 nitrogen and oxygen atoms in total. The van der Waals surface area contributed by atoms with Gasteiger partial charge in [-0.15, -0.1) is 0 Å². The van der Waals surface area contributed by atoms with E-state index in [1.54, 1.807) is 19.1 Å². The third-order valence-electron chi connectivity index (χ3n) is 6.86. The van der Waals surface area contributed by atoms with Crippen LogP contribution in [0.1, 0.15) is 43.9 Å². The number of carbonyl (C=O) groups is 2. The summed E-state index contributed by atoms with van der Waals surface area (Å²) in [5.41, 5.74) is 1.82. The van der Waals surface area contributed by atoms with E-state index in [4.69, 9.17) is 4.74 Å². The molecule has 3 aromatic rings. The number of hydrogen-bond acceptors (Lipinski definition) is 7. The van der Waals surface area contributed by atoms with Crippen LogP contribution in [0.15, 0.2) is 71.6 Å². The van der Waals surface area contributed by atoms with Gasteiger partial charge in [0.2, 0.25) is 11.8 Å². The molecule has 2 amide bonds. The molecule has 3 aromatic carbocycles. The van der Waals surface area contributed by atoms with E-state index in [2.05, 4.69) is 5.32 Å². The largest absolute Gasteiger partial charge is 0.497 e. The highest BCUT2D eigenvalue weighted by molar-refractivity contribution is 7.92. The molecule has 230 valence electrons. The van der Waals surface area contributed by atoms with Gasteiger partial charge >= 0.3 is 0 Å². The molecule has 0 bridgehead atoms. The molecule has 43 heavy (non-hydrogen) atoms. The zero-order chi connectivity index (χ0) is 31.9. The van der Waals surface area contributed by atoms with Gasteiger partial charge in [0.1, 0.15) is 18.3 Å². The Labute approximate surface area is 252 Å². The van der Waals surface area contributed by atoms with Crippen LogP contribution < -0.4 is 14.4 Å². The summed E-state index contributed by atoms with van der Waals surface area (Å²) in [4.78, 5) is 39.4. The van der Waals surface area contributed by atoms with E-state index in [0.29, 0.717) is 11.3 Å². The lowest BCUT2D eigenvalue weighted by Gasteiger charge is -2.33. The molecule has 1 atom stereocenters. The Bertz CT molecular complexity index is 1570. The van der Waals surface area contributed by atoms with Crippen LogP contribution in [0.4, 0.5) is 11.4 Å². The van der Waals surface area contributed by atoms with E-state index in [1.165, 1.54) is 43.2 Å². The number of nitrogens with zero attached hydrogens (tertiary/aromatic N) is 3. The molecule has 0 fully saturated rings. The summed E-state index contributed by atoms with van der Waals surface area (Å²) in [7, 11) is -3.02. The summed E-state index contributed by atoms with van der Waals surface area (Å²) in [6.45, 7) is 8.24. The number of hydrogen-bond donors (Lipinski definition) is 1. The van der Waals surface area contributed by atoms with Gasteiger partial charge in [-0.1, -0.05) is 42.8 Å². The van der Waals surface area contributed by atoms with Crippen molar-refractivity contribution in [3.8, 4) is 5.75 Å². The number of carbonyl (C=O) groups excluding carboxylic acids is 2. The van der Waals surface area contributed by atoms with Crippen molar-refractivity contribution >= 4 is 33.2 Å². The van der Waals surface area contributed by atoms with Crippen LogP contribution in [0.3, 0.4) is 0 Å². The van der Waals surface area contributed by atoms with Crippen LogP contribution in [0.25, 0.3) is 0 Å². The van der Waals surface area contributed by atoms with E-state index in [0.717, 1.165) is 21.5 Å². The monoisotopic (exact) mass is 610 g/mol. The maximum absolute atomic E-state index is 14.1. The van der Waals surface area contributed by atoms with Crippen LogP contribution in [0, 0.1) is 24.0 Å². The smallest absolute Gasteiger partial charge is 0.273 e. The maximum Gasteiger partial charge on any atom is 0.273 e. The molecule has 0 aliphatic carbocycles.